The monoisotopic (exact) mass is 366 g/mol. The Bertz CT molecular complexity index is 909. The number of hydrogen-bond donors (Lipinski definition) is 1. The standard InChI is InChI=1S/C21H22N2O4/c1-13-5-8-19(26-2)15(10-13)12-27-21(25)14-6-7-17-16(11-14)22-20(24)18-4-3-9-23(17)18/h5-8,10-11,18H,3-4,9,12H2,1-2H3,(H,22,24)/t18-/m1/s1. The molecule has 1 fully saturated rings. The minimum absolute atomic E-state index is 0.00462. The summed E-state index contributed by atoms with van der Waals surface area (Å²) in [5.41, 5.74) is 3.93. The number of ether oxygens (including phenoxy) is 2. The first-order valence-electron chi connectivity index (χ1n) is 9.09. The predicted octanol–water partition coefficient (Wildman–Crippen LogP) is 3.28. The fourth-order valence-corrected chi connectivity index (χ4v) is 3.80. The van der Waals surface area contributed by atoms with Crippen LogP contribution in [0.1, 0.15) is 34.3 Å². The molecule has 2 aromatic rings. The number of hydrogen-bond acceptors (Lipinski definition) is 5. The summed E-state index contributed by atoms with van der Waals surface area (Å²) >= 11 is 0. The van der Waals surface area contributed by atoms with Crippen molar-refractivity contribution in [3.8, 4) is 5.75 Å². The topological polar surface area (TPSA) is 67.9 Å². The van der Waals surface area contributed by atoms with Gasteiger partial charge < -0.3 is 19.7 Å². The zero-order chi connectivity index (χ0) is 19.0. The molecule has 6 heteroatoms. The average molecular weight is 366 g/mol. The van der Waals surface area contributed by atoms with Crippen molar-refractivity contribution in [3.05, 3.63) is 53.1 Å². The van der Waals surface area contributed by atoms with E-state index in [-0.39, 0.29) is 18.6 Å². The molecule has 27 heavy (non-hydrogen) atoms. The maximum absolute atomic E-state index is 12.5. The first kappa shape index (κ1) is 17.4. The summed E-state index contributed by atoms with van der Waals surface area (Å²) < 4.78 is 10.8. The third kappa shape index (κ3) is 3.23. The maximum Gasteiger partial charge on any atom is 0.338 e. The first-order chi connectivity index (χ1) is 13.1. The lowest BCUT2D eigenvalue weighted by Gasteiger charge is -2.33. The summed E-state index contributed by atoms with van der Waals surface area (Å²) in [7, 11) is 1.59. The summed E-state index contributed by atoms with van der Waals surface area (Å²) in [6, 6.07) is 11.0. The molecular formula is C21H22N2O4. The van der Waals surface area contributed by atoms with Crippen LogP contribution in [-0.4, -0.2) is 31.6 Å². The number of anilines is 2. The van der Waals surface area contributed by atoms with Gasteiger partial charge >= 0.3 is 5.97 Å². The van der Waals surface area contributed by atoms with E-state index in [0.717, 1.165) is 36.2 Å². The van der Waals surface area contributed by atoms with Crippen molar-refractivity contribution in [1.29, 1.82) is 0 Å². The number of nitrogens with one attached hydrogen (secondary N) is 1. The first-order valence-corrected chi connectivity index (χ1v) is 9.09. The third-order valence-electron chi connectivity index (χ3n) is 5.15. The lowest BCUT2D eigenvalue weighted by Crippen LogP contribution is -2.43. The number of carbonyl (C=O) groups is 2. The molecule has 0 unspecified atom stereocenters. The fraction of sp³-hybridized carbons (Fsp3) is 0.333. The number of aryl methyl sites for hydroxylation is 1. The van der Waals surface area contributed by atoms with Crippen molar-refractivity contribution in [3.63, 3.8) is 0 Å². The van der Waals surface area contributed by atoms with Crippen LogP contribution in [0, 0.1) is 6.92 Å². The molecule has 2 heterocycles. The van der Waals surface area contributed by atoms with Crippen LogP contribution in [0.5, 0.6) is 5.75 Å². The van der Waals surface area contributed by atoms with E-state index in [4.69, 9.17) is 9.47 Å². The molecule has 0 bridgehead atoms. The lowest BCUT2D eigenvalue weighted by atomic mass is 10.1. The Morgan fingerprint density at radius 1 is 1.26 bits per heavy atom. The van der Waals surface area contributed by atoms with Gasteiger partial charge in [0.2, 0.25) is 5.91 Å². The van der Waals surface area contributed by atoms with Crippen LogP contribution in [0.3, 0.4) is 0 Å². The Labute approximate surface area is 158 Å². The number of methoxy groups -OCH3 is 1. The molecule has 2 aromatic carbocycles. The molecule has 0 saturated carbocycles. The number of esters is 1. The summed E-state index contributed by atoms with van der Waals surface area (Å²) in [6.45, 7) is 2.96. The Morgan fingerprint density at radius 3 is 2.93 bits per heavy atom. The summed E-state index contributed by atoms with van der Waals surface area (Å²) in [5.74, 6) is 0.250. The van der Waals surface area contributed by atoms with Crippen molar-refractivity contribution in [2.24, 2.45) is 0 Å². The Hall–Kier alpha value is -3.02. The van der Waals surface area contributed by atoms with Gasteiger partial charge in [0.1, 0.15) is 18.4 Å². The second kappa shape index (κ2) is 6.95. The molecule has 0 aliphatic carbocycles. The fourth-order valence-electron chi connectivity index (χ4n) is 3.80. The van der Waals surface area contributed by atoms with Crippen LogP contribution in [0.25, 0.3) is 0 Å². The zero-order valence-corrected chi connectivity index (χ0v) is 15.5. The SMILES string of the molecule is COc1ccc(C)cc1COC(=O)c1ccc2c(c1)NC(=O)[C@H]1CCCN21. The number of benzene rings is 2. The van der Waals surface area contributed by atoms with Crippen LogP contribution < -0.4 is 15.0 Å². The van der Waals surface area contributed by atoms with E-state index in [1.165, 1.54) is 0 Å². The largest absolute Gasteiger partial charge is 0.496 e. The molecule has 2 aliphatic rings. The molecule has 1 amide bonds. The average Bonchev–Trinajstić information content (AvgIpc) is 3.16. The maximum atomic E-state index is 12.5. The van der Waals surface area contributed by atoms with Crippen LogP contribution in [0.2, 0.25) is 0 Å². The van der Waals surface area contributed by atoms with E-state index in [9.17, 15) is 9.59 Å². The van der Waals surface area contributed by atoms with E-state index in [1.807, 2.05) is 31.2 Å². The molecule has 4 rings (SSSR count). The number of amides is 1. The normalized spacial score (nSPS) is 17.8. The van der Waals surface area contributed by atoms with E-state index in [0.29, 0.717) is 17.0 Å². The van der Waals surface area contributed by atoms with Crippen LogP contribution in [-0.2, 0) is 16.1 Å². The molecule has 1 N–H and O–H groups in total. The molecule has 0 aromatic heterocycles. The van der Waals surface area contributed by atoms with Gasteiger partial charge in [-0.1, -0.05) is 11.6 Å². The van der Waals surface area contributed by atoms with E-state index in [2.05, 4.69) is 10.2 Å². The minimum atomic E-state index is -0.431. The highest BCUT2D eigenvalue weighted by Crippen LogP contribution is 2.37. The van der Waals surface area contributed by atoms with Crippen molar-refractivity contribution in [2.45, 2.75) is 32.4 Å². The molecule has 6 nitrogen and oxygen atoms in total. The number of nitrogens with zero attached hydrogens (tertiary/aromatic N) is 1. The van der Waals surface area contributed by atoms with Crippen LogP contribution in [0.4, 0.5) is 11.4 Å². The van der Waals surface area contributed by atoms with Gasteiger partial charge in [0.15, 0.2) is 0 Å². The van der Waals surface area contributed by atoms with Gasteiger partial charge in [-0.2, -0.15) is 0 Å². The van der Waals surface area contributed by atoms with Crippen molar-refractivity contribution >= 4 is 23.3 Å². The quantitative estimate of drug-likeness (QED) is 0.841. The van der Waals surface area contributed by atoms with Gasteiger partial charge in [0.25, 0.3) is 0 Å². The smallest absolute Gasteiger partial charge is 0.338 e. The molecular weight excluding hydrogens is 344 g/mol. The highest BCUT2D eigenvalue weighted by molar-refractivity contribution is 6.05. The number of carbonyl (C=O) groups excluding carboxylic acids is 2. The van der Waals surface area contributed by atoms with Gasteiger partial charge in [0, 0.05) is 12.1 Å². The van der Waals surface area contributed by atoms with Crippen molar-refractivity contribution in [1.82, 2.24) is 0 Å². The van der Waals surface area contributed by atoms with Gasteiger partial charge in [0.05, 0.1) is 24.0 Å². The Kier molecular flexibility index (Phi) is 4.48. The molecule has 0 radical (unpaired) electrons. The van der Waals surface area contributed by atoms with Crippen LogP contribution >= 0.6 is 0 Å². The summed E-state index contributed by atoms with van der Waals surface area (Å²) in [6.07, 6.45) is 1.87. The summed E-state index contributed by atoms with van der Waals surface area (Å²) in [5, 5.41) is 2.92. The zero-order valence-electron chi connectivity index (χ0n) is 15.5. The molecule has 140 valence electrons. The highest BCUT2D eigenvalue weighted by atomic mass is 16.5. The lowest BCUT2D eigenvalue weighted by molar-refractivity contribution is -0.117. The second-order valence-electron chi connectivity index (χ2n) is 6.96. The molecule has 2 aliphatic heterocycles. The number of fused-ring (bicyclic) bond motifs is 3. The molecule has 1 atom stereocenters. The number of rotatable bonds is 4. The second-order valence-corrected chi connectivity index (χ2v) is 6.96. The van der Waals surface area contributed by atoms with E-state index >= 15 is 0 Å². The molecule has 0 spiro atoms. The van der Waals surface area contributed by atoms with E-state index < -0.39 is 5.97 Å². The van der Waals surface area contributed by atoms with Gasteiger partial charge in [-0.25, -0.2) is 4.79 Å². The summed E-state index contributed by atoms with van der Waals surface area (Å²) in [4.78, 5) is 26.9. The predicted molar refractivity (Wildman–Crippen MR) is 102 cm³/mol. The van der Waals surface area contributed by atoms with Crippen LogP contribution in [0.15, 0.2) is 36.4 Å². The molecule has 1 saturated heterocycles. The highest BCUT2D eigenvalue weighted by Gasteiger charge is 2.36. The van der Waals surface area contributed by atoms with Gasteiger partial charge in [-0.05, 0) is 50.1 Å². The van der Waals surface area contributed by atoms with Crippen molar-refractivity contribution in [2.75, 3.05) is 23.9 Å². The van der Waals surface area contributed by atoms with Crippen molar-refractivity contribution < 1.29 is 19.1 Å². The third-order valence-corrected chi connectivity index (χ3v) is 5.15. The van der Waals surface area contributed by atoms with Gasteiger partial charge in [-0.3, -0.25) is 4.79 Å². The Balaban J connectivity index is 1.51. The Morgan fingerprint density at radius 2 is 2.11 bits per heavy atom. The van der Waals surface area contributed by atoms with Gasteiger partial charge in [-0.15, -0.1) is 0 Å². The van der Waals surface area contributed by atoms with E-state index in [1.54, 1.807) is 19.2 Å². The minimum Gasteiger partial charge on any atom is -0.496 e.